The summed E-state index contributed by atoms with van der Waals surface area (Å²) in [7, 11) is 1.49. The van der Waals surface area contributed by atoms with Gasteiger partial charge in [0.15, 0.2) is 0 Å². The van der Waals surface area contributed by atoms with Crippen LogP contribution in [0.25, 0.3) is 0 Å². The van der Waals surface area contributed by atoms with Gasteiger partial charge in [0.2, 0.25) is 0 Å². The SMILES string of the molecule is CCC1O[C@H](C)C/C(=N\OC)[C@H]1O. The predicted octanol–water partition coefficient (Wildman–Crippen LogP) is 0.937. The molecule has 0 amide bonds. The first kappa shape index (κ1) is 10.5. The van der Waals surface area contributed by atoms with Crippen molar-refractivity contribution in [2.45, 2.75) is 45.0 Å². The molecule has 0 aliphatic carbocycles. The van der Waals surface area contributed by atoms with Gasteiger partial charge in [-0.15, -0.1) is 0 Å². The number of hydrogen-bond acceptors (Lipinski definition) is 4. The standard InChI is InChI=1S/C9H17NO3/c1-4-8-9(11)7(10-12-3)5-6(2)13-8/h6,8-9,11H,4-5H2,1-3H3/b10-7+/t6-,8?,9-/m1/s1. The van der Waals surface area contributed by atoms with E-state index in [9.17, 15) is 5.11 Å². The van der Waals surface area contributed by atoms with Crippen molar-refractivity contribution in [3.05, 3.63) is 0 Å². The van der Waals surface area contributed by atoms with E-state index in [4.69, 9.17) is 4.74 Å². The highest BCUT2D eigenvalue weighted by atomic mass is 16.6. The topological polar surface area (TPSA) is 51.0 Å². The number of hydrogen-bond donors (Lipinski definition) is 1. The first-order valence-electron chi connectivity index (χ1n) is 4.62. The van der Waals surface area contributed by atoms with Gasteiger partial charge < -0.3 is 14.7 Å². The molecule has 1 saturated heterocycles. The Labute approximate surface area is 78.5 Å². The van der Waals surface area contributed by atoms with Gasteiger partial charge in [0, 0.05) is 6.42 Å². The number of aliphatic hydroxyl groups is 1. The third kappa shape index (κ3) is 2.42. The van der Waals surface area contributed by atoms with Crippen LogP contribution in [0.3, 0.4) is 0 Å². The molecule has 1 fully saturated rings. The maximum absolute atomic E-state index is 9.74. The van der Waals surface area contributed by atoms with E-state index in [2.05, 4.69) is 9.99 Å². The molecule has 1 unspecified atom stereocenters. The van der Waals surface area contributed by atoms with Gasteiger partial charge in [-0.05, 0) is 13.3 Å². The molecule has 1 heterocycles. The Hall–Kier alpha value is -0.610. The highest BCUT2D eigenvalue weighted by molar-refractivity contribution is 5.89. The summed E-state index contributed by atoms with van der Waals surface area (Å²) in [5, 5.41) is 13.5. The summed E-state index contributed by atoms with van der Waals surface area (Å²) in [6.45, 7) is 3.95. The molecule has 4 nitrogen and oxygen atoms in total. The van der Waals surface area contributed by atoms with Crippen molar-refractivity contribution >= 4 is 5.71 Å². The summed E-state index contributed by atoms with van der Waals surface area (Å²) in [6, 6.07) is 0. The number of ether oxygens (including phenoxy) is 1. The van der Waals surface area contributed by atoms with Crippen LogP contribution in [0.5, 0.6) is 0 Å². The van der Waals surface area contributed by atoms with Gasteiger partial charge in [0.1, 0.15) is 13.2 Å². The molecule has 0 aromatic rings. The maximum atomic E-state index is 9.74. The maximum Gasteiger partial charge on any atom is 0.122 e. The Morgan fingerprint density at radius 1 is 1.69 bits per heavy atom. The van der Waals surface area contributed by atoms with Crippen molar-refractivity contribution in [1.82, 2.24) is 0 Å². The molecule has 0 saturated carbocycles. The molecule has 0 aromatic carbocycles. The molecule has 3 atom stereocenters. The summed E-state index contributed by atoms with van der Waals surface area (Å²) in [6.07, 6.45) is 0.792. The molecule has 1 aliphatic heterocycles. The smallest absolute Gasteiger partial charge is 0.122 e. The van der Waals surface area contributed by atoms with Crippen molar-refractivity contribution in [3.63, 3.8) is 0 Å². The number of rotatable bonds is 2. The lowest BCUT2D eigenvalue weighted by atomic mass is 9.98. The second-order valence-electron chi connectivity index (χ2n) is 3.31. The molecule has 1 rings (SSSR count). The second kappa shape index (κ2) is 4.58. The van der Waals surface area contributed by atoms with Crippen LogP contribution < -0.4 is 0 Å². The Kier molecular flexibility index (Phi) is 3.69. The lowest BCUT2D eigenvalue weighted by Gasteiger charge is -2.32. The van der Waals surface area contributed by atoms with Gasteiger partial charge in [-0.2, -0.15) is 0 Å². The first-order chi connectivity index (χ1) is 6.19. The van der Waals surface area contributed by atoms with Gasteiger partial charge in [0.25, 0.3) is 0 Å². The molecule has 13 heavy (non-hydrogen) atoms. The molecule has 1 N–H and O–H groups in total. The van der Waals surface area contributed by atoms with Crippen LogP contribution in [0.4, 0.5) is 0 Å². The van der Waals surface area contributed by atoms with Gasteiger partial charge in [0.05, 0.1) is 17.9 Å². The van der Waals surface area contributed by atoms with Crippen LogP contribution in [-0.2, 0) is 9.57 Å². The minimum Gasteiger partial charge on any atom is -0.399 e. The highest BCUT2D eigenvalue weighted by Crippen LogP contribution is 2.19. The molecule has 4 heteroatoms. The van der Waals surface area contributed by atoms with Crippen molar-refractivity contribution in [1.29, 1.82) is 0 Å². The van der Waals surface area contributed by atoms with E-state index < -0.39 is 6.10 Å². The third-order valence-corrected chi connectivity index (χ3v) is 2.21. The molecule has 0 aromatic heterocycles. The average Bonchev–Trinajstić information content (AvgIpc) is 2.11. The van der Waals surface area contributed by atoms with Crippen LogP contribution in [0, 0.1) is 0 Å². The molecule has 1 aliphatic rings. The second-order valence-corrected chi connectivity index (χ2v) is 3.31. The van der Waals surface area contributed by atoms with Crippen LogP contribution in [0.1, 0.15) is 26.7 Å². The predicted molar refractivity (Wildman–Crippen MR) is 49.7 cm³/mol. The van der Waals surface area contributed by atoms with Crippen LogP contribution in [-0.4, -0.2) is 36.2 Å². The van der Waals surface area contributed by atoms with Crippen molar-refractivity contribution in [3.8, 4) is 0 Å². The average molecular weight is 187 g/mol. The largest absolute Gasteiger partial charge is 0.399 e. The zero-order chi connectivity index (χ0) is 9.84. The minimum absolute atomic E-state index is 0.113. The summed E-state index contributed by atoms with van der Waals surface area (Å²) in [5.41, 5.74) is 0.688. The van der Waals surface area contributed by atoms with E-state index in [1.165, 1.54) is 7.11 Å². The van der Waals surface area contributed by atoms with Gasteiger partial charge in [-0.25, -0.2) is 0 Å². The van der Waals surface area contributed by atoms with Gasteiger partial charge >= 0.3 is 0 Å². The molecule has 0 bridgehead atoms. The monoisotopic (exact) mass is 187 g/mol. The van der Waals surface area contributed by atoms with E-state index in [0.29, 0.717) is 12.1 Å². The fraction of sp³-hybridized carbons (Fsp3) is 0.889. The lowest BCUT2D eigenvalue weighted by molar-refractivity contribution is -0.0665. The van der Waals surface area contributed by atoms with Gasteiger partial charge in [-0.3, -0.25) is 0 Å². The summed E-state index contributed by atoms with van der Waals surface area (Å²) in [4.78, 5) is 4.67. The number of aliphatic hydroxyl groups excluding tert-OH is 1. The number of nitrogens with zero attached hydrogens (tertiary/aromatic N) is 1. The molecule has 0 radical (unpaired) electrons. The van der Waals surface area contributed by atoms with E-state index in [0.717, 1.165) is 6.42 Å². The number of oxime groups is 1. The molecular formula is C9H17NO3. The van der Waals surface area contributed by atoms with Crippen molar-refractivity contribution in [2.75, 3.05) is 7.11 Å². The summed E-state index contributed by atoms with van der Waals surface area (Å²) >= 11 is 0. The quantitative estimate of drug-likeness (QED) is 0.654. The molecule has 0 spiro atoms. The van der Waals surface area contributed by atoms with Crippen molar-refractivity contribution in [2.24, 2.45) is 5.16 Å². The molecular weight excluding hydrogens is 170 g/mol. The Morgan fingerprint density at radius 2 is 2.38 bits per heavy atom. The van der Waals surface area contributed by atoms with Crippen molar-refractivity contribution < 1.29 is 14.7 Å². The highest BCUT2D eigenvalue weighted by Gasteiger charge is 2.32. The molecule has 76 valence electrons. The zero-order valence-corrected chi connectivity index (χ0v) is 8.36. The summed E-state index contributed by atoms with van der Waals surface area (Å²) < 4.78 is 5.54. The first-order valence-corrected chi connectivity index (χ1v) is 4.62. The van der Waals surface area contributed by atoms with Crippen LogP contribution in [0.2, 0.25) is 0 Å². The van der Waals surface area contributed by atoms with Gasteiger partial charge in [-0.1, -0.05) is 12.1 Å². The zero-order valence-electron chi connectivity index (χ0n) is 8.36. The van der Waals surface area contributed by atoms with Crippen LogP contribution in [0.15, 0.2) is 5.16 Å². The fourth-order valence-corrected chi connectivity index (χ4v) is 1.58. The van der Waals surface area contributed by atoms with E-state index in [1.807, 2.05) is 13.8 Å². The fourth-order valence-electron chi connectivity index (χ4n) is 1.58. The Bertz CT molecular complexity index is 193. The lowest BCUT2D eigenvalue weighted by Crippen LogP contribution is -2.44. The normalized spacial score (nSPS) is 37.8. The summed E-state index contributed by atoms with van der Waals surface area (Å²) in [5.74, 6) is 0. The third-order valence-electron chi connectivity index (χ3n) is 2.21. The van der Waals surface area contributed by atoms with E-state index in [1.54, 1.807) is 0 Å². The Morgan fingerprint density at radius 3 is 2.92 bits per heavy atom. The Balaban J connectivity index is 2.68. The van der Waals surface area contributed by atoms with E-state index in [-0.39, 0.29) is 12.2 Å². The minimum atomic E-state index is -0.610. The van der Waals surface area contributed by atoms with E-state index >= 15 is 0 Å². The van der Waals surface area contributed by atoms with Crippen LogP contribution >= 0.6 is 0 Å².